The summed E-state index contributed by atoms with van der Waals surface area (Å²) in [6, 6.07) is 7.96. The van der Waals surface area contributed by atoms with Gasteiger partial charge in [0.2, 0.25) is 0 Å². The second-order valence-corrected chi connectivity index (χ2v) is 8.07. The van der Waals surface area contributed by atoms with Gasteiger partial charge in [-0.15, -0.1) is 0 Å². The number of carbonyl (C=O) groups is 1. The van der Waals surface area contributed by atoms with E-state index >= 15 is 0 Å². The standard InChI is InChI=1S/C23H24ClFN4O4/c1-31-16-10-19-22(23(27-13-26-19)28-14-3-4-18(25)17(24)9-14)20(11-16)33-15-5-7-29(8-6-15)12-21(30)32-2/h3-4,9-11,13,15H,5-8,12H2,1-2H3,(H,26,27,28). The number of esters is 1. The Bertz CT molecular complexity index is 1150. The number of methoxy groups -OCH3 is 2. The Morgan fingerprint density at radius 3 is 2.70 bits per heavy atom. The first-order valence-electron chi connectivity index (χ1n) is 10.5. The van der Waals surface area contributed by atoms with Crippen LogP contribution in [0.4, 0.5) is 15.9 Å². The normalized spacial score (nSPS) is 14.8. The number of rotatable bonds is 7. The van der Waals surface area contributed by atoms with Gasteiger partial charge in [0, 0.05) is 30.9 Å². The molecule has 0 saturated carbocycles. The van der Waals surface area contributed by atoms with Gasteiger partial charge in [0.15, 0.2) is 0 Å². The zero-order valence-corrected chi connectivity index (χ0v) is 19.1. The molecule has 0 unspecified atom stereocenters. The van der Waals surface area contributed by atoms with Crippen LogP contribution in [0.5, 0.6) is 11.5 Å². The summed E-state index contributed by atoms with van der Waals surface area (Å²) in [7, 11) is 2.97. The van der Waals surface area contributed by atoms with Crippen LogP contribution in [0.25, 0.3) is 10.9 Å². The number of likely N-dealkylation sites (tertiary alicyclic amines) is 1. The van der Waals surface area contributed by atoms with E-state index in [-0.39, 0.29) is 23.6 Å². The van der Waals surface area contributed by atoms with Crippen LogP contribution in [-0.4, -0.2) is 60.8 Å². The Balaban J connectivity index is 1.60. The second kappa shape index (κ2) is 10.2. The number of hydrogen-bond acceptors (Lipinski definition) is 8. The monoisotopic (exact) mass is 474 g/mol. The Kier molecular flexibility index (Phi) is 7.10. The van der Waals surface area contributed by atoms with Gasteiger partial charge in [-0.05, 0) is 31.0 Å². The lowest BCUT2D eigenvalue weighted by Gasteiger charge is -2.31. The van der Waals surface area contributed by atoms with Crippen LogP contribution in [0, 0.1) is 5.82 Å². The molecule has 1 fully saturated rings. The molecule has 4 rings (SSSR count). The molecule has 1 aliphatic heterocycles. The van der Waals surface area contributed by atoms with Gasteiger partial charge in [0.1, 0.15) is 35.6 Å². The van der Waals surface area contributed by atoms with Crippen molar-refractivity contribution < 1.29 is 23.4 Å². The molecule has 0 amide bonds. The van der Waals surface area contributed by atoms with Crippen LogP contribution >= 0.6 is 11.6 Å². The lowest BCUT2D eigenvalue weighted by molar-refractivity contribution is -0.142. The van der Waals surface area contributed by atoms with Gasteiger partial charge in [-0.2, -0.15) is 0 Å². The van der Waals surface area contributed by atoms with Crippen molar-refractivity contribution in [3.05, 3.63) is 47.5 Å². The lowest BCUT2D eigenvalue weighted by atomic mass is 10.1. The molecular formula is C23H24ClFN4O4. The molecule has 3 aromatic rings. The molecule has 8 nitrogen and oxygen atoms in total. The fraction of sp³-hybridized carbons (Fsp3) is 0.348. The summed E-state index contributed by atoms with van der Waals surface area (Å²) >= 11 is 5.93. The molecule has 33 heavy (non-hydrogen) atoms. The number of benzene rings is 2. The number of nitrogens with zero attached hydrogens (tertiary/aromatic N) is 3. The van der Waals surface area contributed by atoms with Crippen molar-refractivity contribution in [2.45, 2.75) is 18.9 Å². The van der Waals surface area contributed by atoms with Crippen molar-refractivity contribution in [2.75, 3.05) is 39.2 Å². The lowest BCUT2D eigenvalue weighted by Crippen LogP contribution is -2.41. The van der Waals surface area contributed by atoms with Crippen molar-refractivity contribution in [2.24, 2.45) is 0 Å². The third kappa shape index (κ3) is 5.43. The smallest absolute Gasteiger partial charge is 0.319 e. The van der Waals surface area contributed by atoms with E-state index in [1.165, 1.54) is 25.6 Å². The maximum absolute atomic E-state index is 13.6. The summed E-state index contributed by atoms with van der Waals surface area (Å²) in [6.07, 6.45) is 2.88. The van der Waals surface area contributed by atoms with Crippen molar-refractivity contribution in [3.63, 3.8) is 0 Å². The Labute approximate surface area is 195 Å². The minimum absolute atomic E-state index is 0.00946. The minimum Gasteiger partial charge on any atom is -0.497 e. The highest BCUT2D eigenvalue weighted by atomic mass is 35.5. The summed E-state index contributed by atoms with van der Waals surface area (Å²) in [4.78, 5) is 22.3. The van der Waals surface area contributed by atoms with E-state index in [1.54, 1.807) is 25.3 Å². The highest BCUT2D eigenvalue weighted by Gasteiger charge is 2.24. The maximum atomic E-state index is 13.6. The Morgan fingerprint density at radius 2 is 2.00 bits per heavy atom. The van der Waals surface area contributed by atoms with E-state index in [1.807, 2.05) is 4.90 Å². The number of piperidine rings is 1. The maximum Gasteiger partial charge on any atom is 0.319 e. The minimum atomic E-state index is -0.498. The van der Waals surface area contributed by atoms with Gasteiger partial charge in [-0.1, -0.05) is 11.6 Å². The van der Waals surface area contributed by atoms with E-state index in [9.17, 15) is 9.18 Å². The number of fused-ring (bicyclic) bond motifs is 1. The summed E-state index contributed by atoms with van der Waals surface area (Å²) in [6.45, 7) is 1.71. The number of hydrogen-bond donors (Lipinski definition) is 1. The number of nitrogens with one attached hydrogen (secondary N) is 1. The molecule has 0 radical (unpaired) electrons. The van der Waals surface area contributed by atoms with Gasteiger partial charge in [-0.3, -0.25) is 9.69 Å². The van der Waals surface area contributed by atoms with Crippen LogP contribution in [0.15, 0.2) is 36.7 Å². The predicted molar refractivity (Wildman–Crippen MR) is 123 cm³/mol. The Morgan fingerprint density at radius 1 is 1.21 bits per heavy atom. The number of anilines is 2. The molecule has 0 bridgehead atoms. The molecule has 174 valence electrons. The van der Waals surface area contributed by atoms with Crippen molar-refractivity contribution in [1.82, 2.24) is 14.9 Å². The van der Waals surface area contributed by atoms with Crippen molar-refractivity contribution >= 4 is 40.0 Å². The predicted octanol–water partition coefficient (Wildman–Crippen LogP) is 4.19. The fourth-order valence-corrected chi connectivity index (χ4v) is 3.94. The van der Waals surface area contributed by atoms with Crippen LogP contribution in [0.3, 0.4) is 0 Å². The van der Waals surface area contributed by atoms with Crippen molar-refractivity contribution in [3.8, 4) is 11.5 Å². The topological polar surface area (TPSA) is 85.8 Å². The molecule has 0 spiro atoms. The molecular weight excluding hydrogens is 451 g/mol. The SMILES string of the molecule is COC(=O)CN1CCC(Oc2cc(OC)cc3ncnc(Nc4ccc(F)c(Cl)c4)c23)CC1. The quantitative estimate of drug-likeness (QED) is 0.510. The van der Waals surface area contributed by atoms with Gasteiger partial charge < -0.3 is 19.5 Å². The second-order valence-electron chi connectivity index (χ2n) is 7.67. The molecule has 1 N–H and O–H groups in total. The van der Waals surface area contributed by atoms with Crippen LogP contribution in [0.2, 0.25) is 5.02 Å². The highest BCUT2D eigenvalue weighted by Crippen LogP contribution is 2.37. The first-order chi connectivity index (χ1) is 16.0. The van der Waals surface area contributed by atoms with Gasteiger partial charge >= 0.3 is 5.97 Å². The third-order valence-electron chi connectivity index (χ3n) is 5.50. The number of carbonyl (C=O) groups excluding carboxylic acids is 1. The van der Waals surface area contributed by atoms with Gasteiger partial charge in [0.05, 0.1) is 36.7 Å². The van der Waals surface area contributed by atoms with Crippen LogP contribution < -0.4 is 14.8 Å². The first-order valence-corrected chi connectivity index (χ1v) is 10.8. The van der Waals surface area contributed by atoms with E-state index in [2.05, 4.69) is 15.3 Å². The molecule has 1 saturated heterocycles. The number of halogens is 2. The van der Waals surface area contributed by atoms with E-state index < -0.39 is 5.82 Å². The van der Waals surface area contributed by atoms with E-state index in [4.69, 9.17) is 25.8 Å². The largest absolute Gasteiger partial charge is 0.497 e. The average Bonchev–Trinajstić information content (AvgIpc) is 2.82. The molecule has 1 aliphatic rings. The summed E-state index contributed by atoms with van der Waals surface area (Å²) in [5.74, 6) is 0.939. The highest BCUT2D eigenvalue weighted by molar-refractivity contribution is 6.31. The molecule has 2 heterocycles. The molecule has 2 aromatic carbocycles. The van der Waals surface area contributed by atoms with E-state index in [0.717, 1.165) is 25.9 Å². The molecule has 0 aliphatic carbocycles. The number of ether oxygens (including phenoxy) is 3. The number of aromatic nitrogens is 2. The third-order valence-corrected chi connectivity index (χ3v) is 5.79. The molecule has 10 heteroatoms. The zero-order chi connectivity index (χ0) is 23.4. The molecule has 1 aromatic heterocycles. The first kappa shape index (κ1) is 23.0. The van der Waals surface area contributed by atoms with Crippen LogP contribution in [0.1, 0.15) is 12.8 Å². The summed E-state index contributed by atoms with van der Waals surface area (Å²) < 4.78 is 30.1. The van der Waals surface area contributed by atoms with Crippen molar-refractivity contribution in [1.29, 1.82) is 0 Å². The van der Waals surface area contributed by atoms with Crippen LogP contribution in [-0.2, 0) is 9.53 Å². The summed E-state index contributed by atoms with van der Waals surface area (Å²) in [5, 5.41) is 3.87. The molecule has 0 atom stereocenters. The Hall–Kier alpha value is -3.17. The summed E-state index contributed by atoms with van der Waals surface area (Å²) in [5.41, 5.74) is 1.22. The van der Waals surface area contributed by atoms with Gasteiger partial charge in [0.25, 0.3) is 0 Å². The zero-order valence-electron chi connectivity index (χ0n) is 18.3. The fourth-order valence-electron chi connectivity index (χ4n) is 3.76. The van der Waals surface area contributed by atoms with E-state index in [0.29, 0.717) is 33.9 Å². The average molecular weight is 475 g/mol. The van der Waals surface area contributed by atoms with Gasteiger partial charge in [-0.25, -0.2) is 14.4 Å².